The van der Waals surface area contributed by atoms with Crippen LogP contribution in [0.15, 0.2) is 42.6 Å². The first kappa shape index (κ1) is 20.0. The summed E-state index contributed by atoms with van der Waals surface area (Å²) in [4.78, 5) is 6.41. The van der Waals surface area contributed by atoms with Crippen LogP contribution in [0.5, 0.6) is 0 Å². The SMILES string of the molecule is [O-][NH+](c1nccc(-c2ccccc2)n1)C(F)(F)C(F)(F)C(F)(F)C(F)F. The molecule has 1 unspecified atom stereocenters. The van der Waals surface area contributed by atoms with E-state index in [4.69, 9.17) is 0 Å². The van der Waals surface area contributed by atoms with Gasteiger partial charge in [0.05, 0.1) is 5.69 Å². The Hall–Kier alpha value is -2.34. The third-order valence-corrected chi connectivity index (χ3v) is 3.30. The number of hydrogen-bond acceptors (Lipinski definition) is 3. The summed E-state index contributed by atoms with van der Waals surface area (Å²) in [7, 11) is 0. The monoisotopic (exact) mass is 387 g/mol. The van der Waals surface area contributed by atoms with Crippen molar-refractivity contribution < 1.29 is 40.2 Å². The second-order valence-electron chi connectivity index (χ2n) is 5.03. The lowest BCUT2D eigenvalue weighted by atomic mass is 10.1. The van der Waals surface area contributed by atoms with Crippen LogP contribution in [0.1, 0.15) is 0 Å². The molecule has 4 nitrogen and oxygen atoms in total. The Morgan fingerprint density at radius 2 is 1.50 bits per heavy atom. The average molecular weight is 387 g/mol. The number of aromatic nitrogens is 2. The Labute approximate surface area is 140 Å². The molecule has 0 aliphatic heterocycles. The maximum absolute atomic E-state index is 13.7. The zero-order valence-corrected chi connectivity index (χ0v) is 12.4. The predicted octanol–water partition coefficient (Wildman–Crippen LogP) is 3.29. The molecule has 0 saturated carbocycles. The van der Waals surface area contributed by atoms with Crippen LogP contribution in [0.3, 0.4) is 0 Å². The van der Waals surface area contributed by atoms with Crippen LogP contribution in [0, 0.1) is 5.21 Å². The fourth-order valence-electron chi connectivity index (χ4n) is 1.87. The Bertz CT molecular complexity index is 757. The highest BCUT2D eigenvalue weighted by molar-refractivity contribution is 5.58. The van der Waals surface area contributed by atoms with Crippen molar-refractivity contribution in [1.82, 2.24) is 9.97 Å². The lowest BCUT2D eigenvalue weighted by molar-refractivity contribution is -0.909. The van der Waals surface area contributed by atoms with Gasteiger partial charge in [-0.1, -0.05) is 30.3 Å². The number of hydrogen-bond donors (Lipinski definition) is 1. The van der Waals surface area contributed by atoms with Crippen molar-refractivity contribution in [2.75, 3.05) is 0 Å². The summed E-state index contributed by atoms with van der Waals surface area (Å²) in [6.45, 7) is 0. The summed E-state index contributed by atoms with van der Waals surface area (Å²) in [6.07, 6.45) is -4.35. The summed E-state index contributed by atoms with van der Waals surface area (Å²) in [5.41, 5.74) is 0.153. The van der Waals surface area contributed by atoms with Gasteiger partial charge in [-0.25, -0.2) is 13.8 Å². The van der Waals surface area contributed by atoms with Crippen LogP contribution in [0.25, 0.3) is 11.3 Å². The normalized spacial score (nSPS) is 14.5. The molecule has 0 saturated heterocycles. The Morgan fingerprint density at radius 1 is 0.923 bits per heavy atom. The van der Waals surface area contributed by atoms with Crippen LogP contribution >= 0.6 is 0 Å². The molecule has 0 amide bonds. The maximum atomic E-state index is 13.7. The summed E-state index contributed by atoms with van der Waals surface area (Å²) < 4.78 is 104. The molecule has 0 spiro atoms. The van der Waals surface area contributed by atoms with Crippen LogP contribution in [0.2, 0.25) is 0 Å². The number of rotatable bonds is 6. The van der Waals surface area contributed by atoms with Gasteiger partial charge in [-0.15, -0.1) is 8.78 Å². The summed E-state index contributed by atoms with van der Waals surface area (Å²) in [5.74, 6) is -14.6. The molecular weight excluding hydrogens is 378 g/mol. The van der Waals surface area contributed by atoms with E-state index < -0.39 is 35.3 Å². The van der Waals surface area contributed by atoms with Gasteiger partial charge in [0.2, 0.25) is 0 Å². The van der Waals surface area contributed by atoms with Crippen molar-refractivity contribution in [3.05, 3.63) is 47.8 Å². The van der Waals surface area contributed by atoms with Gasteiger partial charge in [0.25, 0.3) is 0 Å². The van der Waals surface area contributed by atoms with Crippen molar-refractivity contribution in [1.29, 1.82) is 0 Å². The Kier molecular flexibility index (Phi) is 5.19. The lowest BCUT2D eigenvalue weighted by Gasteiger charge is -2.36. The van der Waals surface area contributed by atoms with Crippen LogP contribution in [0.4, 0.5) is 41.1 Å². The van der Waals surface area contributed by atoms with Gasteiger partial charge in [0, 0.05) is 11.8 Å². The van der Waals surface area contributed by atoms with E-state index >= 15 is 0 Å². The zero-order chi connectivity index (χ0) is 19.8. The Balaban J connectivity index is 2.43. The fourth-order valence-corrected chi connectivity index (χ4v) is 1.87. The molecule has 1 N–H and O–H groups in total. The highest BCUT2D eigenvalue weighted by Gasteiger charge is 2.80. The van der Waals surface area contributed by atoms with Gasteiger partial charge >= 0.3 is 30.3 Å². The smallest absolute Gasteiger partial charge is 0.467 e. The molecule has 0 aliphatic rings. The predicted molar refractivity (Wildman–Crippen MR) is 72.3 cm³/mol. The quantitative estimate of drug-likeness (QED) is 0.470. The summed E-state index contributed by atoms with van der Waals surface area (Å²) >= 11 is 0. The molecule has 26 heavy (non-hydrogen) atoms. The number of alkyl halides is 8. The molecule has 0 fully saturated rings. The van der Waals surface area contributed by atoms with Gasteiger partial charge in [-0.2, -0.15) is 27.5 Å². The van der Waals surface area contributed by atoms with E-state index in [1.807, 2.05) is 0 Å². The van der Waals surface area contributed by atoms with Gasteiger partial charge in [0.1, 0.15) is 0 Å². The molecule has 1 atom stereocenters. The molecule has 0 aliphatic carbocycles. The molecule has 1 aromatic carbocycles. The topological polar surface area (TPSA) is 53.3 Å². The molecule has 2 aromatic rings. The third kappa shape index (κ3) is 3.21. The maximum Gasteiger partial charge on any atom is 0.467 e. The van der Waals surface area contributed by atoms with E-state index in [0.717, 1.165) is 12.3 Å². The first-order valence-corrected chi connectivity index (χ1v) is 6.77. The summed E-state index contributed by atoms with van der Waals surface area (Å²) in [6, 6.07) is 2.49. The Morgan fingerprint density at radius 3 is 2.04 bits per heavy atom. The molecule has 12 heteroatoms. The van der Waals surface area contributed by atoms with E-state index in [9.17, 15) is 40.3 Å². The van der Waals surface area contributed by atoms with Crippen molar-refractivity contribution in [2.24, 2.45) is 0 Å². The van der Waals surface area contributed by atoms with Crippen molar-refractivity contribution in [3.63, 3.8) is 0 Å². The van der Waals surface area contributed by atoms with E-state index in [1.165, 1.54) is 24.3 Å². The van der Waals surface area contributed by atoms with E-state index in [2.05, 4.69) is 9.97 Å². The largest absolute Gasteiger partial charge is 0.622 e. The number of benzene rings is 1. The number of nitrogens with zero attached hydrogens (tertiary/aromatic N) is 2. The number of nitrogens with one attached hydrogen (secondary N) is 1. The minimum Gasteiger partial charge on any atom is -0.622 e. The van der Waals surface area contributed by atoms with E-state index in [1.54, 1.807) is 6.07 Å². The lowest BCUT2D eigenvalue weighted by Crippen LogP contribution is -3.14. The molecule has 0 bridgehead atoms. The van der Waals surface area contributed by atoms with Gasteiger partial charge < -0.3 is 5.21 Å². The van der Waals surface area contributed by atoms with Gasteiger partial charge in [-0.05, 0) is 6.07 Å². The van der Waals surface area contributed by atoms with Crippen LogP contribution in [-0.4, -0.2) is 34.3 Å². The second-order valence-corrected chi connectivity index (χ2v) is 5.03. The molecule has 1 aromatic heterocycles. The third-order valence-electron chi connectivity index (χ3n) is 3.30. The molecule has 1 heterocycles. The average Bonchev–Trinajstić information content (AvgIpc) is 2.61. The molecule has 0 radical (unpaired) electrons. The minimum atomic E-state index is -6.66. The highest BCUT2D eigenvalue weighted by atomic mass is 19.4. The number of quaternary nitrogens is 1. The van der Waals surface area contributed by atoms with Gasteiger partial charge in [0.15, 0.2) is 0 Å². The molecule has 2 rings (SSSR count). The fraction of sp³-hybridized carbons (Fsp3) is 0.286. The second kappa shape index (κ2) is 6.76. The first-order valence-electron chi connectivity index (χ1n) is 6.77. The van der Waals surface area contributed by atoms with E-state index in [-0.39, 0.29) is 11.3 Å². The van der Waals surface area contributed by atoms with Gasteiger partial charge in [-0.3, -0.25) is 0 Å². The summed E-state index contributed by atoms with van der Waals surface area (Å²) in [5, 5.41) is 8.73. The van der Waals surface area contributed by atoms with Crippen molar-refractivity contribution in [2.45, 2.75) is 24.3 Å². The number of hydroxylamine groups is 1. The minimum absolute atomic E-state index is 0.135. The molecular formula is C14H9F8N3O. The first-order chi connectivity index (χ1) is 11.9. The highest BCUT2D eigenvalue weighted by Crippen LogP contribution is 2.46. The zero-order valence-electron chi connectivity index (χ0n) is 12.4. The standard InChI is InChI=1S/C14H9F8N3O/c15-10(16)12(17,18)13(19,20)14(21,22)25(26)11-23-7-6-9(24-11)8-4-2-1-3-5-8/h1-7,10,25H. The van der Waals surface area contributed by atoms with Crippen LogP contribution < -0.4 is 5.06 Å². The van der Waals surface area contributed by atoms with Crippen LogP contribution in [-0.2, 0) is 0 Å². The van der Waals surface area contributed by atoms with Crippen molar-refractivity contribution >= 4 is 5.95 Å². The van der Waals surface area contributed by atoms with Crippen molar-refractivity contribution in [3.8, 4) is 11.3 Å². The molecule has 142 valence electrons. The van der Waals surface area contributed by atoms with E-state index in [0.29, 0.717) is 0 Å². The number of halogens is 8.